The van der Waals surface area contributed by atoms with Crippen LogP contribution in [0.25, 0.3) is 16.9 Å². The van der Waals surface area contributed by atoms with Crippen LogP contribution in [0.15, 0.2) is 46.9 Å². The van der Waals surface area contributed by atoms with E-state index in [9.17, 15) is 13.2 Å². The van der Waals surface area contributed by atoms with Crippen molar-refractivity contribution in [2.45, 2.75) is 12.6 Å². The van der Waals surface area contributed by atoms with Crippen LogP contribution in [0.5, 0.6) is 0 Å². The predicted octanol–water partition coefficient (Wildman–Crippen LogP) is 5.94. The fourth-order valence-corrected chi connectivity index (χ4v) is 3.71. The van der Waals surface area contributed by atoms with Crippen molar-refractivity contribution in [3.63, 3.8) is 0 Å². The summed E-state index contributed by atoms with van der Waals surface area (Å²) >= 11 is 9.22. The number of fused-ring (bicyclic) bond motifs is 1. The van der Waals surface area contributed by atoms with Gasteiger partial charge in [-0.1, -0.05) is 39.7 Å². The van der Waals surface area contributed by atoms with E-state index in [0.717, 1.165) is 21.7 Å². The average Bonchev–Trinajstić information content (AvgIpc) is 3.16. The molecule has 0 fully saturated rings. The standard InChI is InChI=1S/C18H12BrClF3N3/c19-11-3-1-2-10(8-11)16-13-6-7-24-17(13)26(25-16)15-5-4-12(20)9-14(15)18(21,22)23/h1-5,8-9,24H,6-7H2. The molecule has 3 aromatic rings. The zero-order valence-electron chi connectivity index (χ0n) is 13.2. The summed E-state index contributed by atoms with van der Waals surface area (Å²) in [6.45, 7) is 0.656. The van der Waals surface area contributed by atoms with E-state index >= 15 is 0 Å². The Morgan fingerprint density at radius 1 is 1.15 bits per heavy atom. The third-order valence-electron chi connectivity index (χ3n) is 4.24. The van der Waals surface area contributed by atoms with Gasteiger partial charge in [0.25, 0.3) is 0 Å². The minimum Gasteiger partial charge on any atom is -0.369 e. The topological polar surface area (TPSA) is 29.9 Å². The second-order valence-corrected chi connectivity index (χ2v) is 7.29. The molecule has 1 aliphatic rings. The van der Waals surface area contributed by atoms with Gasteiger partial charge in [-0.25, -0.2) is 4.68 Å². The first-order valence-electron chi connectivity index (χ1n) is 7.83. The van der Waals surface area contributed by atoms with Crippen LogP contribution < -0.4 is 5.32 Å². The Bertz CT molecular complexity index is 998. The lowest BCUT2D eigenvalue weighted by molar-refractivity contribution is -0.137. The number of aromatic nitrogens is 2. The number of hydrogen-bond donors (Lipinski definition) is 1. The highest BCUT2D eigenvalue weighted by molar-refractivity contribution is 9.10. The zero-order chi connectivity index (χ0) is 18.5. The van der Waals surface area contributed by atoms with Gasteiger partial charge in [-0.2, -0.15) is 18.3 Å². The predicted molar refractivity (Wildman–Crippen MR) is 98.9 cm³/mol. The van der Waals surface area contributed by atoms with Crippen LogP contribution in [0.1, 0.15) is 11.1 Å². The lowest BCUT2D eigenvalue weighted by Gasteiger charge is -2.15. The normalized spacial score (nSPS) is 13.6. The van der Waals surface area contributed by atoms with Gasteiger partial charge in [0.15, 0.2) is 0 Å². The molecule has 3 nitrogen and oxygen atoms in total. The second-order valence-electron chi connectivity index (χ2n) is 5.93. The van der Waals surface area contributed by atoms with Gasteiger partial charge in [0.1, 0.15) is 5.82 Å². The van der Waals surface area contributed by atoms with E-state index in [2.05, 4.69) is 26.3 Å². The van der Waals surface area contributed by atoms with Crippen molar-refractivity contribution in [1.29, 1.82) is 0 Å². The number of benzene rings is 2. The van der Waals surface area contributed by atoms with Crippen LogP contribution in [-0.2, 0) is 12.6 Å². The summed E-state index contributed by atoms with van der Waals surface area (Å²) < 4.78 is 42.8. The summed E-state index contributed by atoms with van der Waals surface area (Å²) in [5.41, 5.74) is 1.57. The molecule has 0 aliphatic carbocycles. The maximum atomic E-state index is 13.5. The Labute approximate surface area is 160 Å². The molecule has 1 aliphatic heterocycles. The molecule has 1 aromatic heterocycles. The average molecular weight is 443 g/mol. The summed E-state index contributed by atoms with van der Waals surface area (Å²) in [5.74, 6) is 0.591. The fourth-order valence-electron chi connectivity index (χ4n) is 3.14. The largest absolute Gasteiger partial charge is 0.418 e. The van der Waals surface area contributed by atoms with E-state index in [1.807, 2.05) is 24.3 Å². The van der Waals surface area contributed by atoms with Crippen molar-refractivity contribution in [2.75, 3.05) is 11.9 Å². The Balaban J connectivity index is 1.94. The number of nitrogens with one attached hydrogen (secondary N) is 1. The summed E-state index contributed by atoms with van der Waals surface area (Å²) in [5, 5.41) is 7.69. The molecule has 0 amide bonds. The first-order chi connectivity index (χ1) is 12.3. The van der Waals surface area contributed by atoms with Gasteiger partial charge in [0.2, 0.25) is 0 Å². The van der Waals surface area contributed by atoms with Crippen molar-refractivity contribution in [2.24, 2.45) is 0 Å². The SMILES string of the molecule is FC(F)(F)c1cc(Cl)ccc1-n1nc(-c2cccc(Br)c2)c2c1NCC2. The Morgan fingerprint density at radius 2 is 1.96 bits per heavy atom. The quantitative estimate of drug-likeness (QED) is 0.532. The maximum Gasteiger partial charge on any atom is 0.418 e. The summed E-state index contributed by atoms with van der Waals surface area (Å²) in [6, 6.07) is 11.3. The molecule has 0 unspecified atom stereocenters. The highest BCUT2D eigenvalue weighted by Gasteiger charge is 2.36. The molecule has 0 bridgehead atoms. The molecule has 0 saturated carbocycles. The molecule has 0 atom stereocenters. The van der Waals surface area contributed by atoms with Gasteiger partial charge >= 0.3 is 6.18 Å². The van der Waals surface area contributed by atoms with Gasteiger partial charge in [-0.05, 0) is 36.8 Å². The van der Waals surface area contributed by atoms with Crippen LogP contribution >= 0.6 is 27.5 Å². The van der Waals surface area contributed by atoms with E-state index in [0.29, 0.717) is 24.5 Å². The van der Waals surface area contributed by atoms with Gasteiger partial charge in [0.05, 0.1) is 16.9 Å². The summed E-state index contributed by atoms with van der Waals surface area (Å²) in [4.78, 5) is 0. The molecule has 26 heavy (non-hydrogen) atoms. The molecule has 0 radical (unpaired) electrons. The molecule has 8 heteroatoms. The molecule has 2 aromatic carbocycles. The van der Waals surface area contributed by atoms with Crippen molar-refractivity contribution >= 4 is 33.3 Å². The maximum absolute atomic E-state index is 13.5. The van der Waals surface area contributed by atoms with Crippen LogP contribution in [0.4, 0.5) is 19.0 Å². The van der Waals surface area contributed by atoms with Crippen molar-refractivity contribution in [3.05, 3.63) is 63.1 Å². The first kappa shape index (κ1) is 17.4. The third-order valence-corrected chi connectivity index (χ3v) is 4.97. The Kier molecular flexibility index (Phi) is 4.23. The van der Waals surface area contributed by atoms with E-state index < -0.39 is 11.7 Å². The second kappa shape index (κ2) is 6.32. The number of nitrogens with zero attached hydrogens (tertiary/aromatic N) is 2. The highest BCUT2D eigenvalue weighted by atomic mass is 79.9. The summed E-state index contributed by atoms with van der Waals surface area (Å²) in [6.07, 6.45) is -3.83. The molecular formula is C18H12BrClF3N3. The monoisotopic (exact) mass is 441 g/mol. The van der Waals surface area contributed by atoms with Gasteiger partial charge in [-0.3, -0.25) is 0 Å². The number of anilines is 1. The molecule has 134 valence electrons. The molecule has 2 heterocycles. The van der Waals surface area contributed by atoms with Crippen LogP contribution in [-0.4, -0.2) is 16.3 Å². The van der Waals surface area contributed by atoms with E-state index in [-0.39, 0.29) is 10.7 Å². The van der Waals surface area contributed by atoms with Crippen LogP contribution in [0.2, 0.25) is 5.02 Å². The molecule has 1 N–H and O–H groups in total. The van der Waals surface area contributed by atoms with E-state index in [1.165, 1.54) is 16.8 Å². The van der Waals surface area contributed by atoms with Crippen LogP contribution in [0, 0.1) is 0 Å². The highest BCUT2D eigenvalue weighted by Crippen LogP contribution is 2.40. The number of hydrogen-bond acceptors (Lipinski definition) is 2. The van der Waals surface area contributed by atoms with Gasteiger partial charge < -0.3 is 5.32 Å². The Morgan fingerprint density at radius 3 is 2.69 bits per heavy atom. The van der Waals surface area contributed by atoms with E-state index in [4.69, 9.17) is 11.6 Å². The lowest BCUT2D eigenvalue weighted by atomic mass is 10.1. The number of alkyl halides is 3. The van der Waals surface area contributed by atoms with Gasteiger partial charge in [0, 0.05) is 27.2 Å². The summed E-state index contributed by atoms with van der Waals surface area (Å²) in [7, 11) is 0. The number of halogens is 5. The van der Waals surface area contributed by atoms with Crippen molar-refractivity contribution in [3.8, 4) is 16.9 Å². The van der Waals surface area contributed by atoms with Gasteiger partial charge in [-0.15, -0.1) is 0 Å². The zero-order valence-corrected chi connectivity index (χ0v) is 15.6. The van der Waals surface area contributed by atoms with Crippen molar-refractivity contribution < 1.29 is 13.2 Å². The fraction of sp³-hybridized carbons (Fsp3) is 0.167. The first-order valence-corrected chi connectivity index (χ1v) is 9.00. The molecule has 0 saturated heterocycles. The third kappa shape index (κ3) is 2.99. The molecule has 4 rings (SSSR count). The lowest BCUT2D eigenvalue weighted by Crippen LogP contribution is -2.13. The molecule has 0 spiro atoms. The van der Waals surface area contributed by atoms with Crippen molar-refractivity contribution in [1.82, 2.24) is 9.78 Å². The van der Waals surface area contributed by atoms with E-state index in [1.54, 1.807) is 0 Å². The number of rotatable bonds is 2. The minimum atomic E-state index is -4.53. The molecular weight excluding hydrogens is 431 g/mol. The van der Waals surface area contributed by atoms with Crippen LogP contribution in [0.3, 0.4) is 0 Å². The smallest absolute Gasteiger partial charge is 0.369 e. The Hall–Kier alpha value is -1.99. The minimum absolute atomic E-state index is 0.0325.